The maximum atomic E-state index is 12.5. The summed E-state index contributed by atoms with van der Waals surface area (Å²) in [7, 11) is 0. The standard InChI is InChI=1S/C20H11N3O4/c24-20-15(19-21-16-3-1-2-4-17(16)22-19)10-14-13-7-6-12(23(25)26)9-11(13)5-8-18(14)27-20/h1-10H,(H,21,22). The van der Waals surface area contributed by atoms with Gasteiger partial charge in [-0.3, -0.25) is 10.1 Å². The number of imidazole rings is 1. The molecular formula is C20H11N3O4. The Morgan fingerprint density at radius 3 is 2.67 bits per heavy atom. The highest BCUT2D eigenvalue weighted by Gasteiger charge is 2.15. The molecule has 0 aliphatic heterocycles. The van der Waals surface area contributed by atoms with E-state index in [2.05, 4.69) is 9.97 Å². The van der Waals surface area contributed by atoms with Crippen molar-refractivity contribution < 1.29 is 9.34 Å². The van der Waals surface area contributed by atoms with Crippen LogP contribution in [-0.4, -0.2) is 14.9 Å². The third kappa shape index (κ3) is 2.36. The van der Waals surface area contributed by atoms with Crippen molar-refractivity contribution in [1.82, 2.24) is 9.97 Å². The van der Waals surface area contributed by atoms with Gasteiger partial charge in [0.1, 0.15) is 17.0 Å². The lowest BCUT2D eigenvalue weighted by Gasteiger charge is -2.04. The lowest BCUT2D eigenvalue weighted by atomic mass is 10.0. The smallest absolute Gasteiger partial charge is 0.347 e. The van der Waals surface area contributed by atoms with Crippen molar-refractivity contribution in [2.45, 2.75) is 0 Å². The molecule has 0 spiro atoms. The first-order valence-corrected chi connectivity index (χ1v) is 8.20. The van der Waals surface area contributed by atoms with Crippen LogP contribution in [0.25, 0.3) is 44.2 Å². The molecule has 0 bridgehead atoms. The topological polar surface area (TPSA) is 102 Å². The predicted molar refractivity (Wildman–Crippen MR) is 102 cm³/mol. The Morgan fingerprint density at radius 1 is 1.00 bits per heavy atom. The van der Waals surface area contributed by atoms with E-state index in [0.29, 0.717) is 27.7 Å². The van der Waals surface area contributed by atoms with Crippen molar-refractivity contribution in [2.75, 3.05) is 0 Å². The first-order valence-electron chi connectivity index (χ1n) is 8.20. The van der Waals surface area contributed by atoms with Crippen molar-refractivity contribution in [2.24, 2.45) is 0 Å². The zero-order valence-electron chi connectivity index (χ0n) is 13.8. The van der Waals surface area contributed by atoms with E-state index < -0.39 is 10.5 Å². The average molecular weight is 357 g/mol. The number of benzene rings is 3. The number of aromatic amines is 1. The maximum Gasteiger partial charge on any atom is 0.347 e. The molecule has 0 amide bonds. The van der Waals surface area contributed by atoms with Gasteiger partial charge in [-0.05, 0) is 41.1 Å². The van der Waals surface area contributed by atoms with Gasteiger partial charge in [-0.1, -0.05) is 18.2 Å². The van der Waals surface area contributed by atoms with E-state index in [-0.39, 0.29) is 5.69 Å². The highest BCUT2D eigenvalue weighted by molar-refractivity contribution is 6.07. The summed E-state index contributed by atoms with van der Waals surface area (Å²) in [6.07, 6.45) is 0. The van der Waals surface area contributed by atoms with Gasteiger partial charge in [0.05, 0.1) is 16.0 Å². The summed E-state index contributed by atoms with van der Waals surface area (Å²) in [5, 5.41) is 13.2. The highest BCUT2D eigenvalue weighted by atomic mass is 16.6. The molecule has 0 fully saturated rings. The van der Waals surface area contributed by atoms with Crippen LogP contribution in [-0.2, 0) is 0 Å². The molecule has 0 aliphatic rings. The van der Waals surface area contributed by atoms with Crippen LogP contribution < -0.4 is 5.63 Å². The molecule has 2 aromatic heterocycles. The number of H-pyrrole nitrogens is 1. The molecule has 7 nitrogen and oxygen atoms in total. The summed E-state index contributed by atoms with van der Waals surface area (Å²) in [4.78, 5) is 30.6. The second-order valence-electron chi connectivity index (χ2n) is 6.19. The van der Waals surface area contributed by atoms with Gasteiger partial charge in [-0.15, -0.1) is 0 Å². The summed E-state index contributed by atoms with van der Waals surface area (Å²) >= 11 is 0. The molecule has 0 radical (unpaired) electrons. The Balaban J connectivity index is 1.80. The fraction of sp³-hybridized carbons (Fsp3) is 0. The van der Waals surface area contributed by atoms with Crippen LogP contribution in [0.15, 0.2) is 69.9 Å². The number of hydrogen-bond acceptors (Lipinski definition) is 5. The summed E-state index contributed by atoms with van der Waals surface area (Å²) < 4.78 is 5.48. The molecule has 0 saturated heterocycles. The summed E-state index contributed by atoms with van der Waals surface area (Å²) in [6, 6.07) is 17.2. The molecule has 0 aliphatic carbocycles. The predicted octanol–water partition coefficient (Wildman–Crippen LogP) is 4.40. The van der Waals surface area contributed by atoms with E-state index in [1.807, 2.05) is 24.3 Å². The van der Waals surface area contributed by atoms with E-state index in [1.165, 1.54) is 12.1 Å². The first-order chi connectivity index (χ1) is 13.1. The number of nitrogens with zero attached hydrogens (tertiary/aromatic N) is 2. The molecule has 2 heterocycles. The van der Waals surface area contributed by atoms with Gasteiger partial charge in [0.15, 0.2) is 0 Å². The summed E-state index contributed by atoms with van der Waals surface area (Å²) in [6.45, 7) is 0. The monoisotopic (exact) mass is 357 g/mol. The number of hydrogen-bond donors (Lipinski definition) is 1. The van der Waals surface area contributed by atoms with Crippen LogP contribution in [0.3, 0.4) is 0 Å². The molecule has 7 heteroatoms. The number of nitro benzene ring substituents is 1. The van der Waals surface area contributed by atoms with Crippen LogP contribution in [0.1, 0.15) is 0 Å². The molecule has 1 N–H and O–H groups in total. The van der Waals surface area contributed by atoms with Crippen LogP contribution in [0.5, 0.6) is 0 Å². The molecule has 130 valence electrons. The summed E-state index contributed by atoms with van der Waals surface area (Å²) in [5.74, 6) is 0.422. The zero-order chi connectivity index (χ0) is 18.5. The molecule has 27 heavy (non-hydrogen) atoms. The van der Waals surface area contributed by atoms with Gasteiger partial charge < -0.3 is 9.40 Å². The van der Waals surface area contributed by atoms with Crippen LogP contribution in [0, 0.1) is 10.1 Å². The highest BCUT2D eigenvalue weighted by Crippen LogP contribution is 2.30. The number of nitrogens with one attached hydrogen (secondary N) is 1. The van der Waals surface area contributed by atoms with Gasteiger partial charge >= 0.3 is 5.63 Å². The van der Waals surface area contributed by atoms with Crippen molar-refractivity contribution in [1.29, 1.82) is 0 Å². The molecule has 0 atom stereocenters. The number of non-ortho nitro benzene ring substituents is 1. The zero-order valence-corrected chi connectivity index (χ0v) is 13.8. The summed E-state index contributed by atoms with van der Waals surface area (Å²) in [5.41, 5.74) is 1.81. The fourth-order valence-corrected chi connectivity index (χ4v) is 3.28. The fourth-order valence-electron chi connectivity index (χ4n) is 3.28. The Kier molecular flexibility index (Phi) is 3.11. The first kappa shape index (κ1) is 15.3. The van der Waals surface area contributed by atoms with Crippen LogP contribution in [0.2, 0.25) is 0 Å². The third-order valence-corrected chi connectivity index (χ3v) is 4.57. The van der Waals surface area contributed by atoms with Crippen molar-refractivity contribution in [3.8, 4) is 11.4 Å². The van der Waals surface area contributed by atoms with E-state index in [9.17, 15) is 14.9 Å². The van der Waals surface area contributed by atoms with E-state index in [4.69, 9.17) is 4.42 Å². The van der Waals surface area contributed by atoms with Gasteiger partial charge in [0.2, 0.25) is 0 Å². The average Bonchev–Trinajstić information content (AvgIpc) is 3.10. The lowest BCUT2D eigenvalue weighted by molar-refractivity contribution is -0.384. The van der Waals surface area contributed by atoms with E-state index in [1.54, 1.807) is 24.3 Å². The number of para-hydroxylation sites is 2. The minimum Gasteiger partial charge on any atom is -0.422 e. The molecule has 5 aromatic rings. The van der Waals surface area contributed by atoms with Crippen molar-refractivity contribution in [3.63, 3.8) is 0 Å². The van der Waals surface area contributed by atoms with E-state index in [0.717, 1.165) is 16.4 Å². The molecular weight excluding hydrogens is 346 g/mol. The molecule has 0 saturated carbocycles. The minimum absolute atomic E-state index is 0.0109. The number of fused-ring (bicyclic) bond motifs is 4. The van der Waals surface area contributed by atoms with Gasteiger partial charge in [-0.25, -0.2) is 9.78 Å². The van der Waals surface area contributed by atoms with E-state index >= 15 is 0 Å². The maximum absolute atomic E-state index is 12.5. The Labute approximate surface area is 151 Å². The molecule has 3 aromatic carbocycles. The second kappa shape index (κ2) is 5.50. The number of nitro groups is 1. The number of rotatable bonds is 2. The molecule has 0 unspecified atom stereocenters. The Morgan fingerprint density at radius 2 is 1.85 bits per heavy atom. The van der Waals surface area contributed by atoms with Gasteiger partial charge in [0, 0.05) is 17.5 Å². The van der Waals surface area contributed by atoms with Crippen LogP contribution in [0.4, 0.5) is 5.69 Å². The Hall–Kier alpha value is -4.00. The second-order valence-corrected chi connectivity index (χ2v) is 6.19. The van der Waals surface area contributed by atoms with Gasteiger partial charge in [0.25, 0.3) is 5.69 Å². The quantitative estimate of drug-likeness (QED) is 0.218. The van der Waals surface area contributed by atoms with Crippen molar-refractivity contribution >= 4 is 38.5 Å². The molecule has 5 rings (SSSR count). The lowest BCUT2D eigenvalue weighted by Crippen LogP contribution is -2.03. The normalized spacial score (nSPS) is 11.4. The Bertz CT molecular complexity index is 1400. The largest absolute Gasteiger partial charge is 0.422 e. The number of aromatic nitrogens is 2. The third-order valence-electron chi connectivity index (χ3n) is 4.57. The van der Waals surface area contributed by atoms with Gasteiger partial charge in [-0.2, -0.15) is 0 Å². The SMILES string of the molecule is O=c1oc2ccc3cc([N+](=O)[O-])ccc3c2cc1-c1nc2ccccc2[nH]1. The van der Waals surface area contributed by atoms with Crippen LogP contribution >= 0.6 is 0 Å². The minimum atomic E-state index is -0.497. The van der Waals surface area contributed by atoms with Crippen molar-refractivity contribution in [3.05, 3.63) is 81.2 Å².